The zero-order valence-corrected chi connectivity index (χ0v) is 10.3. The van der Waals surface area contributed by atoms with Crippen LogP contribution in [0.25, 0.3) is 0 Å². The first-order chi connectivity index (χ1) is 8.59. The van der Waals surface area contributed by atoms with Crippen molar-refractivity contribution in [1.29, 1.82) is 0 Å². The lowest BCUT2D eigenvalue weighted by atomic mass is 9.99. The molecule has 0 spiro atoms. The molecule has 4 nitrogen and oxygen atoms in total. The number of carboxylic acid groups (broad SMARTS) is 1. The molecule has 18 heavy (non-hydrogen) atoms. The van der Waals surface area contributed by atoms with E-state index in [4.69, 9.17) is 0 Å². The number of nitrogens with zero attached hydrogens (tertiary/aromatic N) is 1. The molecule has 1 unspecified atom stereocenters. The van der Waals surface area contributed by atoms with Crippen LogP contribution < -0.4 is 5.32 Å². The molecule has 2 rings (SSSR count). The quantitative estimate of drug-likeness (QED) is 0.847. The second-order valence-corrected chi connectivity index (χ2v) is 4.53. The van der Waals surface area contributed by atoms with Crippen LogP contribution in [0.1, 0.15) is 17.2 Å². The first kappa shape index (κ1) is 13.0. The molecule has 1 saturated heterocycles. The van der Waals surface area contributed by atoms with Gasteiger partial charge < -0.3 is 10.4 Å². The number of nitrogens with one attached hydrogen (secondary N) is 1. The predicted octanol–water partition coefficient (Wildman–Crippen LogP) is 1.17. The van der Waals surface area contributed by atoms with E-state index in [1.165, 1.54) is 12.1 Å². The number of hydrogen-bond acceptors (Lipinski definition) is 3. The second-order valence-electron chi connectivity index (χ2n) is 4.53. The summed E-state index contributed by atoms with van der Waals surface area (Å²) >= 11 is 0. The lowest BCUT2D eigenvalue weighted by molar-refractivity contribution is -0.143. The highest BCUT2D eigenvalue weighted by atomic mass is 19.1. The molecule has 98 valence electrons. The van der Waals surface area contributed by atoms with Crippen LogP contribution in [0.2, 0.25) is 0 Å². The topological polar surface area (TPSA) is 52.6 Å². The van der Waals surface area contributed by atoms with Gasteiger partial charge in [0.15, 0.2) is 0 Å². The van der Waals surface area contributed by atoms with Crippen molar-refractivity contribution in [3.8, 4) is 0 Å². The first-order valence-corrected chi connectivity index (χ1v) is 6.03. The third kappa shape index (κ3) is 2.68. The van der Waals surface area contributed by atoms with Crippen molar-refractivity contribution in [3.63, 3.8) is 0 Å². The van der Waals surface area contributed by atoms with Crippen LogP contribution in [0.4, 0.5) is 4.39 Å². The maximum Gasteiger partial charge on any atom is 0.325 e. The van der Waals surface area contributed by atoms with Gasteiger partial charge in [-0.1, -0.05) is 6.07 Å². The highest BCUT2D eigenvalue weighted by molar-refractivity contribution is 5.76. The third-order valence-corrected chi connectivity index (χ3v) is 3.29. The first-order valence-electron chi connectivity index (χ1n) is 6.03. The Morgan fingerprint density at radius 2 is 2.11 bits per heavy atom. The lowest BCUT2D eigenvalue weighted by Crippen LogP contribution is -2.47. The molecule has 5 heteroatoms. The summed E-state index contributed by atoms with van der Waals surface area (Å²) in [5, 5.41) is 12.6. The van der Waals surface area contributed by atoms with E-state index in [2.05, 4.69) is 5.32 Å². The summed E-state index contributed by atoms with van der Waals surface area (Å²) in [5.74, 6) is -1.32. The van der Waals surface area contributed by atoms with Crippen LogP contribution >= 0.6 is 0 Å². The smallest absolute Gasteiger partial charge is 0.325 e. The van der Waals surface area contributed by atoms with Crippen molar-refractivity contribution in [2.24, 2.45) is 0 Å². The van der Waals surface area contributed by atoms with Crippen molar-refractivity contribution in [1.82, 2.24) is 10.2 Å². The van der Waals surface area contributed by atoms with E-state index >= 15 is 0 Å². The van der Waals surface area contributed by atoms with Gasteiger partial charge in [-0.15, -0.1) is 0 Å². The molecule has 2 N–H and O–H groups in total. The molecule has 1 fully saturated rings. The van der Waals surface area contributed by atoms with Gasteiger partial charge in [-0.05, 0) is 30.2 Å². The molecule has 1 atom stereocenters. The summed E-state index contributed by atoms with van der Waals surface area (Å²) in [5.41, 5.74) is 1.35. The van der Waals surface area contributed by atoms with Gasteiger partial charge in [0.25, 0.3) is 0 Å². The van der Waals surface area contributed by atoms with E-state index in [-0.39, 0.29) is 0 Å². The highest BCUT2D eigenvalue weighted by Crippen LogP contribution is 2.25. The van der Waals surface area contributed by atoms with Crippen LogP contribution in [0.5, 0.6) is 0 Å². The van der Waals surface area contributed by atoms with Crippen molar-refractivity contribution < 1.29 is 14.3 Å². The van der Waals surface area contributed by atoms with E-state index in [1.54, 1.807) is 6.07 Å². The van der Waals surface area contributed by atoms with E-state index in [9.17, 15) is 14.3 Å². The minimum Gasteiger partial charge on any atom is -0.480 e. The van der Waals surface area contributed by atoms with Crippen molar-refractivity contribution in [3.05, 3.63) is 35.1 Å². The summed E-state index contributed by atoms with van der Waals surface area (Å²) in [6.45, 7) is 4.66. The molecule has 0 aromatic heterocycles. The largest absolute Gasteiger partial charge is 0.480 e. The van der Waals surface area contributed by atoms with Crippen LogP contribution in [0.15, 0.2) is 18.2 Å². The molecular weight excluding hydrogens is 235 g/mol. The summed E-state index contributed by atoms with van der Waals surface area (Å²) in [6, 6.07) is 3.55. The monoisotopic (exact) mass is 252 g/mol. The number of piperazine rings is 1. The highest BCUT2D eigenvalue weighted by Gasteiger charge is 2.29. The molecule has 0 aliphatic carbocycles. The number of hydrogen-bond donors (Lipinski definition) is 2. The maximum absolute atomic E-state index is 13.3. The molecule has 1 aliphatic heterocycles. The zero-order valence-electron chi connectivity index (χ0n) is 10.3. The average Bonchev–Trinajstić information content (AvgIpc) is 2.35. The Labute approximate surface area is 105 Å². The standard InChI is InChI=1S/C13H17FN2O2/c1-9-2-3-10(14)8-11(9)12(13(17)18)16-6-4-15-5-7-16/h2-3,8,12,15H,4-7H2,1H3,(H,17,18). The second kappa shape index (κ2) is 5.46. The van der Waals surface area contributed by atoms with E-state index in [1.807, 2.05) is 11.8 Å². The van der Waals surface area contributed by atoms with Crippen LogP contribution in [0, 0.1) is 12.7 Å². The van der Waals surface area contributed by atoms with E-state index in [0.717, 1.165) is 18.7 Å². The minimum absolute atomic E-state index is 0.392. The fourth-order valence-electron chi connectivity index (χ4n) is 2.33. The van der Waals surface area contributed by atoms with Gasteiger partial charge in [-0.2, -0.15) is 0 Å². The molecule has 1 aliphatic rings. The van der Waals surface area contributed by atoms with Gasteiger partial charge in [0, 0.05) is 26.2 Å². The van der Waals surface area contributed by atoms with Gasteiger partial charge in [0.1, 0.15) is 11.9 Å². The van der Waals surface area contributed by atoms with Gasteiger partial charge in [0.05, 0.1) is 0 Å². The Morgan fingerprint density at radius 1 is 1.44 bits per heavy atom. The van der Waals surface area contributed by atoms with Crippen LogP contribution in [-0.4, -0.2) is 42.2 Å². The zero-order chi connectivity index (χ0) is 13.1. The van der Waals surface area contributed by atoms with Crippen LogP contribution in [-0.2, 0) is 4.79 Å². The third-order valence-electron chi connectivity index (χ3n) is 3.29. The van der Waals surface area contributed by atoms with Gasteiger partial charge >= 0.3 is 5.97 Å². The average molecular weight is 252 g/mol. The Balaban J connectivity index is 2.34. The van der Waals surface area contributed by atoms with Crippen molar-refractivity contribution in [2.75, 3.05) is 26.2 Å². The predicted molar refractivity (Wildman–Crippen MR) is 66.0 cm³/mol. The fourth-order valence-corrected chi connectivity index (χ4v) is 2.33. The number of aryl methyl sites for hydroxylation is 1. The van der Waals surface area contributed by atoms with E-state index in [0.29, 0.717) is 18.7 Å². The molecule has 1 aromatic carbocycles. The minimum atomic E-state index is -0.925. The molecule has 0 radical (unpaired) electrons. The van der Waals surface area contributed by atoms with E-state index < -0.39 is 17.8 Å². The summed E-state index contributed by atoms with van der Waals surface area (Å²) < 4.78 is 13.3. The number of aliphatic carboxylic acids is 1. The fraction of sp³-hybridized carbons (Fsp3) is 0.462. The van der Waals surface area contributed by atoms with Crippen molar-refractivity contribution >= 4 is 5.97 Å². The molecule has 0 saturated carbocycles. The number of carboxylic acids is 1. The number of carbonyl (C=O) groups is 1. The summed E-state index contributed by atoms with van der Waals surface area (Å²) in [4.78, 5) is 13.4. The SMILES string of the molecule is Cc1ccc(F)cc1C(C(=O)O)N1CCNCC1. The molecular formula is C13H17FN2O2. The molecule has 0 amide bonds. The Morgan fingerprint density at radius 3 is 2.72 bits per heavy atom. The number of benzene rings is 1. The number of rotatable bonds is 3. The molecule has 1 aromatic rings. The van der Waals surface area contributed by atoms with Gasteiger partial charge in [0.2, 0.25) is 0 Å². The normalized spacial score (nSPS) is 18.6. The van der Waals surface area contributed by atoms with Crippen LogP contribution in [0.3, 0.4) is 0 Å². The summed E-state index contributed by atoms with van der Waals surface area (Å²) in [7, 11) is 0. The van der Waals surface area contributed by atoms with Gasteiger partial charge in [-0.25, -0.2) is 4.39 Å². The summed E-state index contributed by atoms with van der Waals surface area (Å²) in [6.07, 6.45) is 0. The Kier molecular flexibility index (Phi) is 3.93. The molecule has 0 bridgehead atoms. The Hall–Kier alpha value is -1.46. The Bertz CT molecular complexity index is 445. The lowest BCUT2D eigenvalue weighted by Gasteiger charge is -2.33. The number of halogens is 1. The molecule has 1 heterocycles. The van der Waals surface area contributed by atoms with Gasteiger partial charge in [-0.3, -0.25) is 9.69 Å². The van der Waals surface area contributed by atoms with Crippen molar-refractivity contribution in [2.45, 2.75) is 13.0 Å². The maximum atomic E-state index is 13.3.